The summed E-state index contributed by atoms with van der Waals surface area (Å²) in [5.74, 6) is 0.335. The van der Waals surface area contributed by atoms with Crippen molar-refractivity contribution in [3.8, 4) is 5.75 Å². The quantitative estimate of drug-likeness (QED) is 0.116. The number of esters is 1. The van der Waals surface area contributed by atoms with Crippen LogP contribution >= 0.6 is 0 Å². The summed E-state index contributed by atoms with van der Waals surface area (Å²) in [5, 5.41) is 13.3. The van der Waals surface area contributed by atoms with Gasteiger partial charge in [-0.2, -0.15) is 0 Å². The minimum Gasteiger partial charge on any atom is -0.427 e. The molecule has 32 heavy (non-hydrogen) atoms. The van der Waals surface area contributed by atoms with E-state index in [0.717, 1.165) is 24.9 Å². The molecule has 0 spiro atoms. The SMILES string of the molecule is CCCCCCCCCCCCCCCCCC(=O)Oc1cccc(C(O)CNCC)c1. The minimum absolute atomic E-state index is 0.182. The lowest BCUT2D eigenvalue weighted by molar-refractivity contribution is -0.134. The molecule has 0 amide bonds. The Kier molecular flexibility index (Phi) is 18.1. The molecule has 0 aliphatic rings. The van der Waals surface area contributed by atoms with Crippen LogP contribution in [0, 0.1) is 0 Å². The highest BCUT2D eigenvalue weighted by molar-refractivity contribution is 5.72. The van der Waals surface area contributed by atoms with Crippen LogP contribution in [0.5, 0.6) is 5.75 Å². The Morgan fingerprint density at radius 1 is 0.844 bits per heavy atom. The summed E-state index contributed by atoms with van der Waals surface area (Å²) in [6.45, 7) is 5.58. The predicted octanol–water partition coefficient (Wildman–Crippen LogP) is 7.50. The highest BCUT2D eigenvalue weighted by atomic mass is 16.5. The van der Waals surface area contributed by atoms with E-state index in [9.17, 15) is 9.90 Å². The second-order valence-corrected chi connectivity index (χ2v) is 9.07. The molecule has 0 bridgehead atoms. The van der Waals surface area contributed by atoms with E-state index in [0.29, 0.717) is 18.7 Å². The molecule has 4 heteroatoms. The Hall–Kier alpha value is -1.39. The maximum absolute atomic E-state index is 12.1. The molecule has 0 saturated heterocycles. The molecule has 1 aromatic rings. The van der Waals surface area contributed by atoms with Crippen LogP contribution in [-0.2, 0) is 4.79 Å². The summed E-state index contributed by atoms with van der Waals surface area (Å²) < 4.78 is 5.46. The summed E-state index contributed by atoms with van der Waals surface area (Å²) in [7, 11) is 0. The number of unbranched alkanes of at least 4 members (excludes halogenated alkanes) is 14. The highest BCUT2D eigenvalue weighted by Gasteiger charge is 2.10. The van der Waals surface area contributed by atoms with E-state index < -0.39 is 6.10 Å². The molecule has 4 nitrogen and oxygen atoms in total. The zero-order chi connectivity index (χ0) is 23.3. The van der Waals surface area contributed by atoms with E-state index in [1.165, 1.54) is 83.5 Å². The van der Waals surface area contributed by atoms with Crippen molar-refractivity contribution in [2.24, 2.45) is 0 Å². The number of benzene rings is 1. The first-order valence-corrected chi connectivity index (χ1v) is 13.4. The number of carbonyl (C=O) groups excluding carboxylic acids is 1. The number of nitrogens with one attached hydrogen (secondary N) is 1. The number of ether oxygens (including phenoxy) is 1. The molecule has 0 aliphatic heterocycles. The van der Waals surface area contributed by atoms with E-state index in [4.69, 9.17) is 4.74 Å². The fraction of sp³-hybridized carbons (Fsp3) is 0.750. The Morgan fingerprint density at radius 3 is 1.91 bits per heavy atom. The maximum Gasteiger partial charge on any atom is 0.311 e. The molecule has 0 radical (unpaired) electrons. The number of likely N-dealkylation sites (N-methyl/N-ethyl adjacent to an activating group) is 1. The molecule has 2 N–H and O–H groups in total. The van der Waals surface area contributed by atoms with Crippen LogP contribution in [-0.4, -0.2) is 24.2 Å². The van der Waals surface area contributed by atoms with Crippen LogP contribution in [0.15, 0.2) is 24.3 Å². The maximum atomic E-state index is 12.1. The van der Waals surface area contributed by atoms with Crippen LogP contribution in [0.4, 0.5) is 0 Å². The van der Waals surface area contributed by atoms with Crippen LogP contribution in [0.3, 0.4) is 0 Å². The number of rotatable bonds is 21. The normalized spacial score (nSPS) is 12.1. The first-order valence-electron chi connectivity index (χ1n) is 13.4. The van der Waals surface area contributed by atoms with Crippen molar-refractivity contribution in [2.45, 2.75) is 123 Å². The van der Waals surface area contributed by atoms with Gasteiger partial charge in [0, 0.05) is 13.0 Å². The van der Waals surface area contributed by atoms with Gasteiger partial charge in [0.2, 0.25) is 0 Å². The molecule has 0 fully saturated rings. The predicted molar refractivity (Wildman–Crippen MR) is 135 cm³/mol. The fourth-order valence-corrected chi connectivity index (χ4v) is 4.01. The van der Waals surface area contributed by atoms with Crippen LogP contribution in [0.2, 0.25) is 0 Å². The largest absolute Gasteiger partial charge is 0.427 e. The van der Waals surface area contributed by atoms with Gasteiger partial charge in [-0.15, -0.1) is 0 Å². The molecule has 0 aliphatic carbocycles. The van der Waals surface area contributed by atoms with Gasteiger partial charge < -0.3 is 15.2 Å². The number of aliphatic hydroxyl groups is 1. The summed E-state index contributed by atoms with van der Waals surface area (Å²) in [5.41, 5.74) is 0.767. The first-order chi connectivity index (χ1) is 15.7. The molecule has 0 heterocycles. The van der Waals surface area contributed by atoms with Crippen LogP contribution in [0.25, 0.3) is 0 Å². The van der Waals surface area contributed by atoms with Crippen molar-refractivity contribution >= 4 is 5.97 Å². The number of hydrogen-bond acceptors (Lipinski definition) is 4. The van der Waals surface area contributed by atoms with Gasteiger partial charge >= 0.3 is 5.97 Å². The monoisotopic (exact) mass is 447 g/mol. The van der Waals surface area contributed by atoms with Gasteiger partial charge in [-0.3, -0.25) is 4.79 Å². The van der Waals surface area contributed by atoms with Gasteiger partial charge in [0.1, 0.15) is 5.75 Å². The average Bonchev–Trinajstić information content (AvgIpc) is 2.80. The van der Waals surface area contributed by atoms with Gasteiger partial charge in [0.25, 0.3) is 0 Å². The van der Waals surface area contributed by atoms with Gasteiger partial charge in [-0.1, -0.05) is 116 Å². The second-order valence-electron chi connectivity index (χ2n) is 9.07. The number of aliphatic hydroxyl groups excluding tert-OH is 1. The third-order valence-electron chi connectivity index (χ3n) is 6.05. The lowest BCUT2D eigenvalue weighted by Gasteiger charge is -2.12. The summed E-state index contributed by atoms with van der Waals surface area (Å²) in [6.07, 6.45) is 19.6. The first kappa shape index (κ1) is 28.6. The van der Waals surface area contributed by atoms with E-state index in [-0.39, 0.29) is 5.97 Å². The van der Waals surface area contributed by atoms with Gasteiger partial charge in [-0.25, -0.2) is 0 Å². The van der Waals surface area contributed by atoms with Crippen molar-refractivity contribution in [1.82, 2.24) is 5.32 Å². The van der Waals surface area contributed by atoms with Crippen molar-refractivity contribution in [2.75, 3.05) is 13.1 Å². The van der Waals surface area contributed by atoms with Gasteiger partial charge in [-0.05, 0) is 30.7 Å². The lowest BCUT2D eigenvalue weighted by atomic mass is 10.0. The number of hydrogen-bond donors (Lipinski definition) is 2. The second kappa shape index (κ2) is 20.2. The third kappa shape index (κ3) is 15.4. The smallest absolute Gasteiger partial charge is 0.311 e. The highest BCUT2D eigenvalue weighted by Crippen LogP contribution is 2.20. The average molecular weight is 448 g/mol. The molecule has 1 unspecified atom stereocenters. The lowest BCUT2D eigenvalue weighted by Crippen LogP contribution is -2.20. The molecular formula is C28H49NO3. The molecule has 1 atom stereocenters. The Balaban J connectivity index is 1.98. The van der Waals surface area contributed by atoms with Crippen molar-refractivity contribution < 1.29 is 14.6 Å². The van der Waals surface area contributed by atoms with Gasteiger partial charge in [0.05, 0.1) is 6.10 Å². The standard InChI is InChI=1S/C28H49NO3/c1-3-5-6-7-8-9-10-11-12-13-14-15-16-17-18-22-28(31)32-26-21-19-20-25(23-26)27(30)24-29-4-2/h19-21,23,27,29-30H,3-18,22,24H2,1-2H3. The van der Waals surface area contributed by atoms with Crippen molar-refractivity contribution in [3.05, 3.63) is 29.8 Å². The molecule has 1 rings (SSSR count). The zero-order valence-corrected chi connectivity index (χ0v) is 20.9. The van der Waals surface area contributed by atoms with E-state index in [2.05, 4.69) is 12.2 Å². The molecule has 0 saturated carbocycles. The third-order valence-corrected chi connectivity index (χ3v) is 6.05. The summed E-state index contributed by atoms with van der Waals surface area (Å²) in [4.78, 5) is 12.1. The molecule has 1 aromatic carbocycles. The minimum atomic E-state index is -0.593. The van der Waals surface area contributed by atoms with E-state index >= 15 is 0 Å². The summed E-state index contributed by atoms with van der Waals surface area (Å²) >= 11 is 0. The summed E-state index contributed by atoms with van der Waals surface area (Å²) in [6, 6.07) is 7.20. The molecule has 184 valence electrons. The topological polar surface area (TPSA) is 58.6 Å². The van der Waals surface area contributed by atoms with Gasteiger partial charge in [0.15, 0.2) is 0 Å². The van der Waals surface area contributed by atoms with Crippen molar-refractivity contribution in [3.63, 3.8) is 0 Å². The van der Waals surface area contributed by atoms with Crippen LogP contribution in [0.1, 0.15) is 128 Å². The molecule has 0 aromatic heterocycles. The Morgan fingerprint density at radius 2 is 1.38 bits per heavy atom. The zero-order valence-electron chi connectivity index (χ0n) is 20.9. The van der Waals surface area contributed by atoms with E-state index in [1.807, 2.05) is 19.1 Å². The Bertz CT molecular complexity index is 576. The van der Waals surface area contributed by atoms with Crippen LogP contribution < -0.4 is 10.1 Å². The van der Waals surface area contributed by atoms with Crippen molar-refractivity contribution in [1.29, 1.82) is 0 Å². The van der Waals surface area contributed by atoms with E-state index in [1.54, 1.807) is 12.1 Å². The Labute approximate surface area is 197 Å². The molecular weight excluding hydrogens is 398 g/mol. The fourth-order valence-electron chi connectivity index (χ4n) is 4.01. The number of carbonyl (C=O) groups is 1.